The molecule has 20 heavy (non-hydrogen) atoms. The Hall–Kier alpha value is -1.10. The van der Waals surface area contributed by atoms with E-state index in [2.05, 4.69) is 16.7 Å². The van der Waals surface area contributed by atoms with Gasteiger partial charge in [-0.2, -0.15) is 0 Å². The molecule has 2 unspecified atom stereocenters. The van der Waals surface area contributed by atoms with Crippen LogP contribution < -0.4 is 4.74 Å². The van der Waals surface area contributed by atoms with Crippen molar-refractivity contribution < 1.29 is 9.84 Å². The maximum Gasteiger partial charge on any atom is 0.125 e. The van der Waals surface area contributed by atoms with E-state index in [1.807, 2.05) is 24.3 Å². The molecule has 110 valence electrons. The zero-order chi connectivity index (χ0) is 13.9. The first-order chi connectivity index (χ1) is 9.79. The minimum Gasteiger partial charge on any atom is -0.493 e. The maximum atomic E-state index is 10.8. The second-order valence-electron chi connectivity index (χ2n) is 5.74. The van der Waals surface area contributed by atoms with Gasteiger partial charge in [-0.1, -0.05) is 25.1 Å². The zero-order valence-electron chi connectivity index (χ0n) is 12.2. The molecule has 3 saturated heterocycles. The van der Waals surface area contributed by atoms with Crippen molar-refractivity contribution in [3.8, 4) is 5.75 Å². The largest absolute Gasteiger partial charge is 0.493 e. The number of ether oxygens (including phenoxy) is 1. The van der Waals surface area contributed by atoms with Gasteiger partial charge >= 0.3 is 0 Å². The summed E-state index contributed by atoms with van der Waals surface area (Å²) in [6.07, 6.45) is 0.513. The van der Waals surface area contributed by atoms with Crippen molar-refractivity contribution in [2.75, 3.05) is 39.3 Å². The molecule has 3 fully saturated rings. The lowest BCUT2D eigenvalue weighted by molar-refractivity contribution is -0.0477. The van der Waals surface area contributed by atoms with Gasteiger partial charge in [-0.3, -0.25) is 9.80 Å². The van der Waals surface area contributed by atoms with Crippen LogP contribution >= 0.6 is 0 Å². The van der Waals surface area contributed by atoms with E-state index in [9.17, 15) is 5.11 Å². The van der Waals surface area contributed by atoms with E-state index in [1.54, 1.807) is 0 Å². The molecular formula is C16H24N2O2. The highest BCUT2D eigenvalue weighted by Gasteiger charge is 2.37. The summed E-state index contributed by atoms with van der Waals surface area (Å²) in [5.74, 6) is 0.833. The summed E-state index contributed by atoms with van der Waals surface area (Å²) in [5.41, 5.74) is 0.930. The highest BCUT2D eigenvalue weighted by Crippen LogP contribution is 2.32. The molecule has 3 heterocycles. The topological polar surface area (TPSA) is 35.9 Å². The molecule has 0 amide bonds. The molecule has 2 atom stereocenters. The standard InChI is InChI=1S/C16H24N2O2/c1-2-11-20-15-6-4-3-5-13(15)16(19)14-12-17-7-9-18(14)10-8-17/h3-6,14,16,19H,2,7-12H2,1H3. The maximum absolute atomic E-state index is 10.8. The molecule has 0 spiro atoms. The average molecular weight is 276 g/mol. The molecular weight excluding hydrogens is 252 g/mol. The molecule has 3 aliphatic rings. The van der Waals surface area contributed by atoms with E-state index in [0.717, 1.165) is 50.5 Å². The second kappa shape index (κ2) is 6.12. The number of hydrogen-bond acceptors (Lipinski definition) is 4. The molecule has 1 aromatic rings. The smallest absolute Gasteiger partial charge is 0.125 e. The fourth-order valence-electron chi connectivity index (χ4n) is 3.23. The van der Waals surface area contributed by atoms with Gasteiger partial charge in [-0.25, -0.2) is 0 Å². The molecule has 1 aromatic carbocycles. The van der Waals surface area contributed by atoms with Crippen molar-refractivity contribution in [3.63, 3.8) is 0 Å². The summed E-state index contributed by atoms with van der Waals surface area (Å²) in [4.78, 5) is 4.87. The van der Waals surface area contributed by atoms with Crippen molar-refractivity contribution in [3.05, 3.63) is 29.8 Å². The van der Waals surface area contributed by atoms with Crippen LogP contribution in [0.15, 0.2) is 24.3 Å². The van der Waals surface area contributed by atoms with Crippen LogP contribution in [0, 0.1) is 0 Å². The molecule has 3 aliphatic heterocycles. The molecule has 0 aromatic heterocycles. The van der Waals surface area contributed by atoms with Gasteiger partial charge in [0, 0.05) is 38.3 Å². The first-order valence-electron chi connectivity index (χ1n) is 7.66. The Labute approximate surface area is 120 Å². The third kappa shape index (κ3) is 2.68. The van der Waals surface area contributed by atoms with Gasteiger partial charge in [-0.05, 0) is 12.5 Å². The van der Waals surface area contributed by atoms with Gasteiger partial charge in [0.1, 0.15) is 5.75 Å². The monoisotopic (exact) mass is 276 g/mol. The second-order valence-corrected chi connectivity index (χ2v) is 5.74. The Bertz CT molecular complexity index is 444. The van der Waals surface area contributed by atoms with Crippen LogP contribution in [0.3, 0.4) is 0 Å². The van der Waals surface area contributed by atoms with E-state index in [1.165, 1.54) is 0 Å². The van der Waals surface area contributed by atoms with Crippen LogP contribution in [0.2, 0.25) is 0 Å². The van der Waals surface area contributed by atoms with E-state index >= 15 is 0 Å². The summed E-state index contributed by atoms with van der Waals surface area (Å²) >= 11 is 0. The molecule has 0 saturated carbocycles. The fraction of sp³-hybridized carbons (Fsp3) is 0.625. The van der Waals surface area contributed by atoms with E-state index in [0.29, 0.717) is 6.61 Å². The van der Waals surface area contributed by atoms with Crippen LogP contribution in [0.25, 0.3) is 0 Å². The van der Waals surface area contributed by atoms with Crippen molar-refractivity contribution in [1.29, 1.82) is 0 Å². The lowest BCUT2D eigenvalue weighted by atomic mass is 9.96. The minimum absolute atomic E-state index is 0.198. The van der Waals surface area contributed by atoms with E-state index in [4.69, 9.17) is 4.74 Å². The van der Waals surface area contributed by atoms with Gasteiger partial charge in [0.15, 0.2) is 0 Å². The van der Waals surface area contributed by atoms with Crippen LogP contribution in [0.5, 0.6) is 5.75 Å². The summed E-state index contributed by atoms with van der Waals surface area (Å²) < 4.78 is 5.79. The van der Waals surface area contributed by atoms with Crippen LogP contribution in [0.4, 0.5) is 0 Å². The normalized spacial score (nSPS) is 30.2. The first-order valence-corrected chi connectivity index (χ1v) is 7.66. The lowest BCUT2D eigenvalue weighted by Gasteiger charge is -2.49. The Morgan fingerprint density at radius 1 is 1.25 bits per heavy atom. The Morgan fingerprint density at radius 2 is 2.00 bits per heavy atom. The van der Waals surface area contributed by atoms with Gasteiger partial charge in [-0.15, -0.1) is 0 Å². The van der Waals surface area contributed by atoms with Crippen molar-refractivity contribution in [2.45, 2.75) is 25.5 Å². The SMILES string of the molecule is CCCOc1ccccc1C(O)C1CN2CCN1CC2. The van der Waals surface area contributed by atoms with Crippen molar-refractivity contribution in [1.82, 2.24) is 9.80 Å². The molecule has 1 N–H and O–H groups in total. The fourth-order valence-corrected chi connectivity index (χ4v) is 3.23. The third-order valence-corrected chi connectivity index (χ3v) is 4.38. The highest BCUT2D eigenvalue weighted by atomic mass is 16.5. The Morgan fingerprint density at radius 3 is 2.65 bits per heavy atom. The van der Waals surface area contributed by atoms with E-state index in [-0.39, 0.29) is 6.04 Å². The van der Waals surface area contributed by atoms with Crippen molar-refractivity contribution in [2.24, 2.45) is 0 Å². The Kier molecular flexibility index (Phi) is 4.24. The molecule has 0 radical (unpaired) electrons. The van der Waals surface area contributed by atoms with Crippen molar-refractivity contribution >= 4 is 0 Å². The number of nitrogens with zero attached hydrogens (tertiary/aromatic N) is 2. The summed E-state index contributed by atoms with van der Waals surface area (Å²) in [6.45, 7) is 8.17. The van der Waals surface area contributed by atoms with Gasteiger partial charge < -0.3 is 9.84 Å². The zero-order valence-corrected chi connectivity index (χ0v) is 12.2. The number of rotatable bonds is 5. The first kappa shape index (κ1) is 13.9. The van der Waals surface area contributed by atoms with Gasteiger partial charge in [0.05, 0.1) is 18.8 Å². The summed E-state index contributed by atoms with van der Waals surface area (Å²) in [7, 11) is 0. The predicted molar refractivity (Wildman–Crippen MR) is 79.0 cm³/mol. The van der Waals surface area contributed by atoms with Gasteiger partial charge in [0.2, 0.25) is 0 Å². The summed E-state index contributed by atoms with van der Waals surface area (Å²) in [6, 6.07) is 8.11. The van der Waals surface area contributed by atoms with Crippen LogP contribution in [0.1, 0.15) is 25.0 Å². The molecule has 4 rings (SSSR count). The molecule has 0 aliphatic carbocycles. The number of aliphatic hydroxyl groups excluding tert-OH is 1. The predicted octanol–water partition coefficient (Wildman–Crippen LogP) is 1.51. The quantitative estimate of drug-likeness (QED) is 0.884. The Balaban J connectivity index is 1.78. The molecule has 4 nitrogen and oxygen atoms in total. The number of aliphatic hydroxyl groups is 1. The van der Waals surface area contributed by atoms with Crippen LogP contribution in [-0.4, -0.2) is 60.3 Å². The van der Waals surface area contributed by atoms with Gasteiger partial charge in [0.25, 0.3) is 0 Å². The number of piperazine rings is 3. The number of para-hydroxylation sites is 1. The van der Waals surface area contributed by atoms with E-state index < -0.39 is 6.10 Å². The van der Waals surface area contributed by atoms with Crippen LogP contribution in [-0.2, 0) is 0 Å². The number of benzene rings is 1. The minimum atomic E-state index is -0.467. The number of fused-ring (bicyclic) bond motifs is 3. The molecule has 4 heteroatoms. The highest BCUT2D eigenvalue weighted by molar-refractivity contribution is 5.36. The lowest BCUT2D eigenvalue weighted by Crippen LogP contribution is -2.62. The number of hydrogen-bond donors (Lipinski definition) is 1. The average Bonchev–Trinajstić information content (AvgIpc) is 2.53. The third-order valence-electron chi connectivity index (χ3n) is 4.38. The molecule has 2 bridgehead atoms. The summed E-state index contributed by atoms with van der Waals surface area (Å²) in [5, 5.41) is 10.8.